The molecular weight excluding hydrogens is 357 g/mol. The van der Waals surface area contributed by atoms with E-state index in [1.165, 1.54) is 23.3 Å². The Kier molecular flexibility index (Phi) is 5.17. The van der Waals surface area contributed by atoms with E-state index in [9.17, 15) is 14.6 Å². The molecule has 0 bridgehead atoms. The van der Waals surface area contributed by atoms with Gasteiger partial charge >= 0.3 is 0 Å². The van der Waals surface area contributed by atoms with Gasteiger partial charge in [0.15, 0.2) is 0 Å². The molecule has 150 valence electrons. The van der Waals surface area contributed by atoms with Gasteiger partial charge in [-0.05, 0) is 61.6 Å². The quantitative estimate of drug-likeness (QED) is 0.843. The third kappa shape index (κ3) is 3.79. The highest BCUT2D eigenvalue weighted by Crippen LogP contribution is 2.44. The second-order valence-corrected chi connectivity index (χ2v) is 8.35. The van der Waals surface area contributed by atoms with Crippen LogP contribution in [-0.4, -0.2) is 40.3 Å². The van der Waals surface area contributed by atoms with Crippen molar-refractivity contribution in [2.24, 2.45) is 0 Å². The summed E-state index contributed by atoms with van der Waals surface area (Å²) < 4.78 is 19.7. The first kappa shape index (κ1) is 19.4. The Morgan fingerprint density at radius 3 is 2.61 bits per heavy atom. The van der Waals surface area contributed by atoms with E-state index in [2.05, 4.69) is 30.9 Å². The highest BCUT2D eigenvalue weighted by molar-refractivity contribution is 5.38. The van der Waals surface area contributed by atoms with E-state index < -0.39 is 17.8 Å². The van der Waals surface area contributed by atoms with Gasteiger partial charge in [-0.2, -0.15) is 0 Å². The molecule has 0 saturated carbocycles. The lowest BCUT2D eigenvalue weighted by molar-refractivity contribution is -0.0589. The molecule has 2 N–H and O–H groups in total. The summed E-state index contributed by atoms with van der Waals surface area (Å²) in [6.45, 7) is 6.31. The van der Waals surface area contributed by atoms with Crippen LogP contribution in [-0.2, 0) is 0 Å². The maximum Gasteiger partial charge on any atom is 0.126 e. The number of ether oxygens (including phenoxy) is 1. The van der Waals surface area contributed by atoms with Gasteiger partial charge in [0.05, 0.1) is 12.2 Å². The standard InChI is InChI=1S/C23H28FNO3/c1-15-3-4-17(11-16(15)2)21(27)14-25-9-7-23(8-10-25)13-20(26)19-12-18(24)5-6-22(19)28-23/h3-6,11-12,20-21,26-27H,7-10,13-14H2,1-2H3/t20-,21+/m0/s1. The zero-order valence-corrected chi connectivity index (χ0v) is 16.5. The molecule has 1 spiro atoms. The monoisotopic (exact) mass is 385 g/mol. The van der Waals surface area contributed by atoms with E-state index >= 15 is 0 Å². The van der Waals surface area contributed by atoms with Gasteiger partial charge in [0.25, 0.3) is 0 Å². The van der Waals surface area contributed by atoms with Crippen molar-refractivity contribution in [2.75, 3.05) is 19.6 Å². The van der Waals surface area contributed by atoms with Gasteiger partial charge in [0.2, 0.25) is 0 Å². The largest absolute Gasteiger partial charge is 0.487 e. The second-order valence-electron chi connectivity index (χ2n) is 8.35. The number of nitrogens with zero attached hydrogens (tertiary/aromatic N) is 1. The van der Waals surface area contributed by atoms with Crippen LogP contribution in [0.1, 0.15) is 53.7 Å². The molecule has 1 saturated heterocycles. The third-order valence-corrected chi connectivity index (χ3v) is 6.34. The van der Waals surface area contributed by atoms with Crippen molar-refractivity contribution in [3.63, 3.8) is 0 Å². The minimum Gasteiger partial charge on any atom is -0.487 e. The van der Waals surface area contributed by atoms with E-state index in [4.69, 9.17) is 4.74 Å². The molecule has 2 aromatic carbocycles. The average Bonchev–Trinajstić information content (AvgIpc) is 2.67. The number of piperidine rings is 1. The lowest BCUT2D eigenvalue weighted by Gasteiger charge is -2.46. The van der Waals surface area contributed by atoms with E-state index in [1.54, 1.807) is 6.07 Å². The molecule has 2 atom stereocenters. The summed E-state index contributed by atoms with van der Waals surface area (Å²) >= 11 is 0. The number of aliphatic hydroxyl groups excluding tert-OH is 2. The fourth-order valence-corrected chi connectivity index (χ4v) is 4.38. The number of hydrogen-bond acceptors (Lipinski definition) is 4. The first-order chi connectivity index (χ1) is 13.3. The van der Waals surface area contributed by atoms with Crippen LogP contribution in [0.2, 0.25) is 0 Å². The summed E-state index contributed by atoms with van der Waals surface area (Å²) in [4.78, 5) is 2.25. The van der Waals surface area contributed by atoms with Gasteiger partial charge < -0.3 is 19.8 Å². The Labute approximate surface area is 165 Å². The topological polar surface area (TPSA) is 52.9 Å². The number of fused-ring (bicyclic) bond motifs is 1. The first-order valence-corrected chi connectivity index (χ1v) is 9.99. The number of benzene rings is 2. The van der Waals surface area contributed by atoms with Crippen molar-refractivity contribution in [3.05, 3.63) is 64.5 Å². The molecule has 28 heavy (non-hydrogen) atoms. The Balaban J connectivity index is 1.39. The smallest absolute Gasteiger partial charge is 0.126 e. The number of halogens is 1. The first-order valence-electron chi connectivity index (χ1n) is 9.99. The van der Waals surface area contributed by atoms with E-state index in [0.717, 1.165) is 31.5 Å². The summed E-state index contributed by atoms with van der Waals surface area (Å²) in [5, 5.41) is 21.2. The summed E-state index contributed by atoms with van der Waals surface area (Å²) in [5.74, 6) is 0.233. The van der Waals surface area contributed by atoms with Crippen LogP contribution in [0.3, 0.4) is 0 Å². The van der Waals surface area contributed by atoms with Crippen LogP contribution in [0.4, 0.5) is 4.39 Å². The van der Waals surface area contributed by atoms with Crippen LogP contribution in [0, 0.1) is 19.7 Å². The lowest BCUT2D eigenvalue weighted by Crippen LogP contribution is -2.51. The fraction of sp³-hybridized carbons (Fsp3) is 0.478. The van der Waals surface area contributed by atoms with Crippen LogP contribution in [0.5, 0.6) is 5.75 Å². The van der Waals surface area contributed by atoms with Gasteiger partial charge in [-0.25, -0.2) is 4.39 Å². The second kappa shape index (κ2) is 7.47. The minimum absolute atomic E-state index is 0.354. The molecule has 4 rings (SSSR count). The SMILES string of the molecule is Cc1ccc([C@H](O)CN2CCC3(CC2)C[C@H](O)c2cc(F)ccc2O3)cc1C. The molecule has 2 aromatic rings. The molecule has 0 aliphatic carbocycles. The predicted octanol–water partition coefficient (Wildman–Crippen LogP) is 3.83. The minimum atomic E-state index is -0.702. The fourth-order valence-electron chi connectivity index (χ4n) is 4.38. The summed E-state index contributed by atoms with van der Waals surface area (Å²) in [7, 11) is 0. The van der Waals surface area contributed by atoms with Crippen molar-refractivity contribution in [1.82, 2.24) is 4.90 Å². The number of rotatable bonds is 3. The van der Waals surface area contributed by atoms with Crippen molar-refractivity contribution >= 4 is 0 Å². The normalized spacial score (nSPS) is 22.5. The summed E-state index contributed by atoms with van der Waals surface area (Å²) in [6, 6.07) is 10.5. The molecule has 2 aliphatic rings. The molecule has 5 heteroatoms. The summed E-state index contributed by atoms with van der Waals surface area (Å²) in [6.07, 6.45) is 0.819. The van der Waals surface area contributed by atoms with Crippen LogP contribution < -0.4 is 4.74 Å². The summed E-state index contributed by atoms with van der Waals surface area (Å²) in [5.41, 5.74) is 3.49. The Hall–Kier alpha value is -1.95. The molecule has 2 heterocycles. The lowest BCUT2D eigenvalue weighted by atomic mass is 9.81. The predicted molar refractivity (Wildman–Crippen MR) is 106 cm³/mol. The highest BCUT2D eigenvalue weighted by Gasteiger charge is 2.43. The zero-order chi connectivity index (χ0) is 19.9. The number of β-amino-alcohol motifs (C(OH)–C–C–N with tert-alkyl or cyclic N) is 1. The van der Waals surface area contributed by atoms with Crippen molar-refractivity contribution in [3.8, 4) is 5.75 Å². The Bertz CT molecular complexity index is 861. The number of likely N-dealkylation sites (tertiary alicyclic amines) is 1. The molecular formula is C23H28FNO3. The number of hydrogen-bond donors (Lipinski definition) is 2. The van der Waals surface area contributed by atoms with Gasteiger partial charge in [-0.3, -0.25) is 0 Å². The number of aliphatic hydroxyl groups is 2. The molecule has 0 amide bonds. The van der Waals surface area contributed by atoms with Gasteiger partial charge in [-0.15, -0.1) is 0 Å². The molecule has 4 nitrogen and oxygen atoms in total. The van der Waals surface area contributed by atoms with Gasteiger partial charge in [0, 0.05) is 31.6 Å². The van der Waals surface area contributed by atoms with Crippen LogP contribution >= 0.6 is 0 Å². The van der Waals surface area contributed by atoms with Crippen molar-refractivity contribution in [1.29, 1.82) is 0 Å². The Morgan fingerprint density at radius 1 is 1.14 bits per heavy atom. The highest BCUT2D eigenvalue weighted by atomic mass is 19.1. The van der Waals surface area contributed by atoms with Crippen LogP contribution in [0.25, 0.3) is 0 Å². The molecule has 2 aliphatic heterocycles. The zero-order valence-electron chi connectivity index (χ0n) is 16.5. The molecule has 1 fully saturated rings. The van der Waals surface area contributed by atoms with E-state index in [0.29, 0.717) is 24.3 Å². The average molecular weight is 385 g/mol. The number of aryl methyl sites for hydroxylation is 2. The maximum absolute atomic E-state index is 13.5. The third-order valence-electron chi connectivity index (χ3n) is 6.34. The Morgan fingerprint density at radius 2 is 1.89 bits per heavy atom. The van der Waals surface area contributed by atoms with E-state index in [-0.39, 0.29) is 5.82 Å². The molecule has 0 aromatic heterocycles. The van der Waals surface area contributed by atoms with Crippen molar-refractivity contribution < 1.29 is 19.3 Å². The maximum atomic E-state index is 13.5. The van der Waals surface area contributed by atoms with Gasteiger partial charge in [0.1, 0.15) is 17.2 Å². The molecule has 0 unspecified atom stereocenters. The molecule has 0 radical (unpaired) electrons. The van der Waals surface area contributed by atoms with Crippen LogP contribution in [0.15, 0.2) is 36.4 Å². The van der Waals surface area contributed by atoms with E-state index in [1.807, 2.05) is 6.07 Å². The van der Waals surface area contributed by atoms with Crippen molar-refractivity contribution in [2.45, 2.75) is 50.9 Å². The van der Waals surface area contributed by atoms with Gasteiger partial charge in [-0.1, -0.05) is 18.2 Å².